The predicted molar refractivity (Wildman–Crippen MR) is 115 cm³/mol. The van der Waals surface area contributed by atoms with Crippen molar-refractivity contribution in [2.75, 3.05) is 27.2 Å². The Morgan fingerprint density at radius 1 is 1.28 bits per heavy atom. The van der Waals surface area contributed by atoms with E-state index in [-0.39, 0.29) is 12.3 Å². The fraction of sp³-hybridized carbons (Fsp3) is 0.348. The Labute approximate surface area is 183 Å². The van der Waals surface area contributed by atoms with Gasteiger partial charge in [-0.3, -0.25) is 14.3 Å². The number of aryl methyl sites for hydroxylation is 1. The fourth-order valence-corrected chi connectivity index (χ4v) is 4.03. The number of fused-ring (bicyclic) bond motifs is 1. The monoisotopic (exact) mass is 438 g/mol. The Hall–Kier alpha value is -3.48. The maximum Gasteiger partial charge on any atom is 0.419 e. The van der Waals surface area contributed by atoms with E-state index in [0.717, 1.165) is 5.56 Å². The number of likely N-dealkylation sites (N-methyl/N-ethyl adjacent to an activating group) is 1. The molecule has 0 radical (unpaired) electrons. The number of carbonyl (C=O) groups is 1. The molecule has 1 aliphatic heterocycles. The minimum atomic E-state index is -0.974. The van der Waals surface area contributed by atoms with Crippen molar-refractivity contribution in [3.05, 3.63) is 58.3 Å². The van der Waals surface area contributed by atoms with Crippen LogP contribution in [0.1, 0.15) is 5.56 Å². The van der Waals surface area contributed by atoms with Gasteiger partial charge in [-0.2, -0.15) is 5.26 Å². The van der Waals surface area contributed by atoms with Gasteiger partial charge >= 0.3 is 5.76 Å². The molecule has 1 saturated heterocycles. The molecule has 1 N–H and O–H groups in total. The molecule has 0 bridgehead atoms. The van der Waals surface area contributed by atoms with Crippen molar-refractivity contribution in [1.82, 2.24) is 14.8 Å². The second kappa shape index (κ2) is 8.22. The van der Waals surface area contributed by atoms with Gasteiger partial charge in [0.05, 0.1) is 11.6 Å². The first kappa shape index (κ1) is 21.7. The maximum atomic E-state index is 14.9. The highest BCUT2D eigenvalue weighted by Crippen LogP contribution is 2.27. The van der Waals surface area contributed by atoms with E-state index in [1.807, 2.05) is 18.0 Å². The Morgan fingerprint density at radius 2 is 1.97 bits per heavy atom. The lowest BCUT2D eigenvalue weighted by atomic mass is 9.92. The number of hydrogen-bond donors (Lipinski definition) is 1. The minimum Gasteiger partial charge on any atom is -0.408 e. The van der Waals surface area contributed by atoms with Crippen molar-refractivity contribution in [1.29, 1.82) is 5.26 Å². The predicted octanol–water partition coefficient (Wildman–Crippen LogP) is 1.82. The van der Waals surface area contributed by atoms with Crippen molar-refractivity contribution in [3.63, 3.8) is 0 Å². The van der Waals surface area contributed by atoms with Crippen molar-refractivity contribution in [3.8, 4) is 17.2 Å². The molecule has 0 saturated carbocycles. The number of aromatic nitrogens is 1. The molecule has 1 amide bonds. The molecule has 4 rings (SSSR count). The number of oxazole rings is 1. The number of benzene rings is 2. The summed E-state index contributed by atoms with van der Waals surface area (Å²) in [6.07, 6.45) is 0.0270. The van der Waals surface area contributed by atoms with Gasteiger partial charge < -0.3 is 14.5 Å². The summed E-state index contributed by atoms with van der Waals surface area (Å²) in [7, 11) is 4.94. The summed E-state index contributed by atoms with van der Waals surface area (Å²) in [6, 6.07) is 11.0. The van der Waals surface area contributed by atoms with Crippen LogP contribution in [0.2, 0.25) is 0 Å². The van der Waals surface area contributed by atoms with Crippen molar-refractivity contribution < 1.29 is 18.3 Å². The zero-order valence-corrected chi connectivity index (χ0v) is 18.0. The van der Waals surface area contributed by atoms with Gasteiger partial charge in [0.25, 0.3) is 5.91 Å². The number of ether oxygens (including phenoxy) is 1. The molecule has 1 aliphatic rings. The topological polar surface area (TPSA) is 100 Å². The highest BCUT2D eigenvalue weighted by atomic mass is 19.1. The van der Waals surface area contributed by atoms with E-state index < -0.39 is 23.2 Å². The first-order chi connectivity index (χ1) is 15.3. The number of halogens is 1. The third-order valence-corrected chi connectivity index (χ3v) is 5.92. The van der Waals surface area contributed by atoms with E-state index in [1.54, 1.807) is 37.4 Å². The number of nitriles is 1. The van der Waals surface area contributed by atoms with Gasteiger partial charge in [-0.15, -0.1) is 0 Å². The molecule has 1 unspecified atom stereocenters. The normalized spacial score (nSPS) is 16.3. The zero-order valence-electron chi connectivity index (χ0n) is 18.0. The number of amides is 1. The molecule has 2 aromatic carbocycles. The zero-order chi connectivity index (χ0) is 23.0. The standard InChI is InChI=1S/C23H23FN4O4/c1-27-12-23(13-27,31-3)21(29)26-17(11-25)8-16-5-4-14(9-18(16)24)15-6-7-20-19(10-15)28(2)22(30)32-20/h4-7,9-10,17H,8,12-13H2,1-3H3,(H,26,29). The number of methoxy groups -OCH3 is 1. The van der Waals surface area contributed by atoms with E-state index in [9.17, 15) is 19.2 Å². The van der Waals surface area contributed by atoms with Gasteiger partial charge in [0.2, 0.25) is 0 Å². The molecule has 1 aromatic heterocycles. The number of nitrogens with one attached hydrogen (secondary N) is 1. The highest BCUT2D eigenvalue weighted by Gasteiger charge is 2.48. The van der Waals surface area contributed by atoms with Crippen molar-refractivity contribution >= 4 is 17.0 Å². The van der Waals surface area contributed by atoms with Gasteiger partial charge in [-0.1, -0.05) is 18.2 Å². The molecule has 9 heteroatoms. The average molecular weight is 438 g/mol. The number of hydrogen-bond acceptors (Lipinski definition) is 6. The Kier molecular flexibility index (Phi) is 5.59. The van der Waals surface area contributed by atoms with E-state index >= 15 is 0 Å². The molecule has 3 aromatic rings. The lowest BCUT2D eigenvalue weighted by Gasteiger charge is -2.45. The van der Waals surface area contributed by atoms with Gasteiger partial charge in [0.15, 0.2) is 11.2 Å². The molecule has 1 atom stereocenters. The van der Waals surface area contributed by atoms with Crippen LogP contribution in [0.25, 0.3) is 22.2 Å². The van der Waals surface area contributed by atoms with E-state index in [4.69, 9.17) is 9.15 Å². The number of nitrogens with zero attached hydrogens (tertiary/aromatic N) is 3. The molecule has 0 spiro atoms. The van der Waals surface area contributed by atoms with Crippen LogP contribution in [-0.2, 0) is 23.0 Å². The summed E-state index contributed by atoms with van der Waals surface area (Å²) in [5.74, 6) is -1.32. The Balaban J connectivity index is 1.52. The first-order valence-electron chi connectivity index (χ1n) is 10.1. The Bertz CT molecular complexity index is 1280. The molecule has 166 valence electrons. The van der Waals surface area contributed by atoms with Crippen LogP contribution >= 0.6 is 0 Å². The van der Waals surface area contributed by atoms with E-state index in [0.29, 0.717) is 35.3 Å². The number of likely N-dealkylation sites (tertiary alicyclic amines) is 1. The number of rotatable bonds is 6. The summed E-state index contributed by atoms with van der Waals surface area (Å²) < 4.78 is 26.7. The average Bonchev–Trinajstić information content (AvgIpc) is 3.04. The van der Waals surface area contributed by atoms with Gasteiger partial charge in [0.1, 0.15) is 11.9 Å². The first-order valence-corrected chi connectivity index (χ1v) is 10.1. The molecule has 2 heterocycles. The van der Waals surface area contributed by atoms with Gasteiger partial charge in [-0.05, 0) is 41.9 Å². The van der Waals surface area contributed by atoms with Crippen LogP contribution < -0.4 is 11.1 Å². The summed E-state index contributed by atoms with van der Waals surface area (Å²) >= 11 is 0. The molecular weight excluding hydrogens is 415 g/mol. The lowest BCUT2D eigenvalue weighted by molar-refractivity contribution is -0.164. The van der Waals surface area contributed by atoms with Crippen LogP contribution in [-0.4, -0.2) is 54.3 Å². The van der Waals surface area contributed by atoms with Gasteiger partial charge in [0, 0.05) is 33.7 Å². The summed E-state index contributed by atoms with van der Waals surface area (Å²) in [5, 5.41) is 12.2. The summed E-state index contributed by atoms with van der Waals surface area (Å²) in [5.41, 5.74) is 1.75. The van der Waals surface area contributed by atoms with Gasteiger partial charge in [-0.25, -0.2) is 9.18 Å². The molecule has 32 heavy (non-hydrogen) atoms. The molecular formula is C23H23FN4O4. The molecule has 0 aliphatic carbocycles. The quantitative estimate of drug-likeness (QED) is 0.630. The van der Waals surface area contributed by atoms with Crippen LogP contribution in [0.5, 0.6) is 0 Å². The third-order valence-electron chi connectivity index (χ3n) is 5.92. The second-order valence-electron chi connectivity index (χ2n) is 8.15. The van der Waals surface area contributed by atoms with E-state index in [2.05, 4.69) is 5.32 Å². The third kappa shape index (κ3) is 3.79. The van der Waals surface area contributed by atoms with Crippen molar-refractivity contribution in [2.45, 2.75) is 18.1 Å². The van der Waals surface area contributed by atoms with Crippen LogP contribution in [0.15, 0.2) is 45.6 Å². The number of carbonyl (C=O) groups excluding carboxylic acids is 1. The largest absolute Gasteiger partial charge is 0.419 e. The van der Waals surface area contributed by atoms with Crippen LogP contribution in [0.4, 0.5) is 4.39 Å². The minimum absolute atomic E-state index is 0.0270. The van der Waals surface area contributed by atoms with Crippen LogP contribution in [0.3, 0.4) is 0 Å². The SMILES string of the molecule is COC1(C(=O)NC(C#N)Cc2ccc(-c3ccc4oc(=O)n(C)c4c3)cc2F)CN(C)C1. The highest BCUT2D eigenvalue weighted by molar-refractivity contribution is 5.87. The fourth-order valence-electron chi connectivity index (χ4n) is 4.03. The van der Waals surface area contributed by atoms with Crippen LogP contribution in [0, 0.1) is 17.1 Å². The smallest absolute Gasteiger partial charge is 0.408 e. The second-order valence-corrected chi connectivity index (χ2v) is 8.15. The van der Waals surface area contributed by atoms with Crippen molar-refractivity contribution in [2.24, 2.45) is 7.05 Å². The molecule has 1 fully saturated rings. The summed E-state index contributed by atoms with van der Waals surface area (Å²) in [6.45, 7) is 0.867. The summed E-state index contributed by atoms with van der Waals surface area (Å²) in [4.78, 5) is 26.2. The Morgan fingerprint density at radius 3 is 2.59 bits per heavy atom. The molecule has 8 nitrogen and oxygen atoms in total. The maximum absolute atomic E-state index is 14.9. The van der Waals surface area contributed by atoms with E-state index in [1.165, 1.54) is 17.7 Å². The lowest BCUT2D eigenvalue weighted by Crippen LogP contribution is -2.69.